The third kappa shape index (κ3) is 3.33. The first-order valence-electron chi connectivity index (χ1n) is 6.68. The van der Waals surface area contributed by atoms with Crippen molar-refractivity contribution >= 4 is 17.2 Å². The molecule has 0 spiro atoms. The fourth-order valence-electron chi connectivity index (χ4n) is 2.67. The zero-order valence-corrected chi connectivity index (χ0v) is 11.9. The van der Waals surface area contributed by atoms with E-state index in [-0.39, 0.29) is 11.8 Å². The molecule has 3 nitrogen and oxygen atoms in total. The van der Waals surface area contributed by atoms with E-state index in [1.807, 2.05) is 11.3 Å². The van der Waals surface area contributed by atoms with Gasteiger partial charge in [-0.2, -0.15) is 0 Å². The fourth-order valence-corrected chi connectivity index (χ4v) is 3.56. The van der Waals surface area contributed by atoms with Crippen molar-refractivity contribution in [3.63, 3.8) is 0 Å². The number of hydrogen-bond acceptors (Lipinski definition) is 3. The number of aryl methyl sites for hydroxylation is 1. The number of primary amides is 1. The Morgan fingerprint density at radius 1 is 1.39 bits per heavy atom. The summed E-state index contributed by atoms with van der Waals surface area (Å²) in [7, 11) is 0. The van der Waals surface area contributed by atoms with Crippen LogP contribution in [0.3, 0.4) is 0 Å². The number of rotatable bonds is 4. The minimum atomic E-state index is -0.129. The van der Waals surface area contributed by atoms with Crippen LogP contribution in [0, 0.1) is 12.8 Å². The van der Waals surface area contributed by atoms with Crippen LogP contribution in [0.2, 0.25) is 0 Å². The summed E-state index contributed by atoms with van der Waals surface area (Å²) in [5.41, 5.74) is 5.35. The maximum Gasteiger partial charge on any atom is 0.220 e. The van der Waals surface area contributed by atoms with Crippen molar-refractivity contribution in [2.24, 2.45) is 11.7 Å². The first-order valence-corrected chi connectivity index (χ1v) is 7.49. The summed E-state index contributed by atoms with van der Waals surface area (Å²) in [4.78, 5) is 13.9. The Labute approximate surface area is 113 Å². The lowest BCUT2D eigenvalue weighted by Gasteiger charge is -2.29. The van der Waals surface area contributed by atoms with Gasteiger partial charge in [0.25, 0.3) is 0 Å². The lowest BCUT2D eigenvalue weighted by atomic mass is 9.85. The molecule has 18 heavy (non-hydrogen) atoms. The Morgan fingerprint density at radius 3 is 2.56 bits per heavy atom. The minimum absolute atomic E-state index is 0.0994. The topological polar surface area (TPSA) is 55.1 Å². The largest absolute Gasteiger partial charge is 0.369 e. The molecule has 1 heterocycles. The SMILES string of the molecule is Cc1ccc(C(C)NC2CCC(C(N)=O)CC2)s1. The molecule has 1 aliphatic rings. The van der Waals surface area contributed by atoms with E-state index in [0.29, 0.717) is 12.1 Å². The van der Waals surface area contributed by atoms with Gasteiger partial charge in [-0.1, -0.05) is 0 Å². The number of nitrogens with one attached hydrogen (secondary N) is 1. The highest BCUT2D eigenvalue weighted by Gasteiger charge is 2.25. The van der Waals surface area contributed by atoms with Gasteiger partial charge in [-0.15, -0.1) is 11.3 Å². The molecule has 3 N–H and O–H groups in total. The van der Waals surface area contributed by atoms with Crippen LogP contribution in [-0.2, 0) is 4.79 Å². The molecule has 1 atom stereocenters. The molecule has 0 bridgehead atoms. The zero-order valence-electron chi connectivity index (χ0n) is 11.1. The second kappa shape index (κ2) is 5.85. The summed E-state index contributed by atoms with van der Waals surface area (Å²) in [6.07, 6.45) is 3.98. The molecule has 1 amide bonds. The van der Waals surface area contributed by atoms with Crippen LogP contribution in [-0.4, -0.2) is 11.9 Å². The molecule has 0 radical (unpaired) electrons. The molecule has 100 valence electrons. The van der Waals surface area contributed by atoms with Gasteiger partial charge in [0.1, 0.15) is 0 Å². The predicted molar refractivity (Wildman–Crippen MR) is 75.5 cm³/mol. The van der Waals surface area contributed by atoms with Gasteiger partial charge in [0.2, 0.25) is 5.91 Å². The van der Waals surface area contributed by atoms with E-state index >= 15 is 0 Å². The Bertz CT molecular complexity index is 408. The van der Waals surface area contributed by atoms with E-state index in [0.717, 1.165) is 25.7 Å². The fraction of sp³-hybridized carbons (Fsp3) is 0.643. The molecule has 0 aliphatic heterocycles. The number of thiophene rings is 1. The maximum absolute atomic E-state index is 11.1. The van der Waals surface area contributed by atoms with E-state index in [9.17, 15) is 4.79 Å². The van der Waals surface area contributed by atoms with Crippen LogP contribution >= 0.6 is 11.3 Å². The lowest BCUT2D eigenvalue weighted by Crippen LogP contribution is -2.37. The number of carbonyl (C=O) groups excluding carboxylic acids is 1. The van der Waals surface area contributed by atoms with Gasteiger partial charge in [0.15, 0.2) is 0 Å². The molecule has 1 unspecified atom stereocenters. The Kier molecular flexibility index (Phi) is 4.40. The van der Waals surface area contributed by atoms with Gasteiger partial charge in [-0.05, 0) is 51.7 Å². The van der Waals surface area contributed by atoms with E-state index in [1.54, 1.807) is 0 Å². The molecule has 1 aromatic heterocycles. The van der Waals surface area contributed by atoms with Crippen molar-refractivity contribution in [3.8, 4) is 0 Å². The predicted octanol–water partition coefficient (Wildman–Crippen LogP) is 2.75. The highest BCUT2D eigenvalue weighted by molar-refractivity contribution is 7.12. The average Bonchev–Trinajstić information content (AvgIpc) is 2.76. The van der Waals surface area contributed by atoms with Crippen molar-refractivity contribution in [2.75, 3.05) is 0 Å². The Hall–Kier alpha value is -0.870. The van der Waals surface area contributed by atoms with Gasteiger partial charge in [-0.3, -0.25) is 4.79 Å². The molecule has 1 aromatic rings. The van der Waals surface area contributed by atoms with E-state index in [2.05, 4.69) is 31.3 Å². The quantitative estimate of drug-likeness (QED) is 0.880. The van der Waals surface area contributed by atoms with Crippen LogP contribution < -0.4 is 11.1 Å². The lowest BCUT2D eigenvalue weighted by molar-refractivity contribution is -0.122. The molecule has 1 fully saturated rings. The van der Waals surface area contributed by atoms with Crippen molar-refractivity contribution < 1.29 is 4.79 Å². The van der Waals surface area contributed by atoms with Crippen LogP contribution in [0.1, 0.15) is 48.4 Å². The standard InChI is InChI=1S/C14H22N2OS/c1-9-3-8-13(18-9)10(2)16-12-6-4-11(5-7-12)14(15)17/h3,8,10-12,16H,4-7H2,1-2H3,(H2,15,17). The van der Waals surface area contributed by atoms with E-state index < -0.39 is 0 Å². The second-order valence-electron chi connectivity index (χ2n) is 5.29. The highest BCUT2D eigenvalue weighted by atomic mass is 32.1. The maximum atomic E-state index is 11.1. The van der Waals surface area contributed by atoms with Gasteiger partial charge in [0, 0.05) is 27.8 Å². The zero-order chi connectivity index (χ0) is 13.1. The number of carbonyl (C=O) groups is 1. The molecular formula is C14H22N2OS. The number of nitrogens with two attached hydrogens (primary N) is 1. The molecule has 0 aromatic carbocycles. The second-order valence-corrected chi connectivity index (χ2v) is 6.61. The number of amides is 1. The monoisotopic (exact) mass is 266 g/mol. The van der Waals surface area contributed by atoms with Gasteiger partial charge in [0.05, 0.1) is 0 Å². The third-order valence-corrected chi connectivity index (χ3v) is 4.99. The summed E-state index contributed by atoms with van der Waals surface area (Å²) in [5.74, 6) is -0.0299. The smallest absolute Gasteiger partial charge is 0.220 e. The van der Waals surface area contributed by atoms with Crippen molar-refractivity contribution in [2.45, 2.75) is 51.6 Å². The van der Waals surface area contributed by atoms with Crippen molar-refractivity contribution in [1.82, 2.24) is 5.32 Å². The first-order chi connectivity index (χ1) is 8.56. The summed E-state index contributed by atoms with van der Waals surface area (Å²) in [6.45, 7) is 4.35. The van der Waals surface area contributed by atoms with Crippen LogP contribution in [0.5, 0.6) is 0 Å². The van der Waals surface area contributed by atoms with Gasteiger partial charge >= 0.3 is 0 Å². The molecule has 2 rings (SSSR count). The third-order valence-electron chi connectivity index (χ3n) is 3.80. The minimum Gasteiger partial charge on any atom is -0.369 e. The van der Waals surface area contributed by atoms with Crippen LogP contribution in [0.15, 0.2) is 12.1 Å². The van der Waals surface area contributed by atoms with E-state index in [1.165, 1.54) is 9.75 Å². The molecular weight excluding hydrogens is 244 g/mol. The summed E-state index contributed by atoms with van der Waals surface area (Å²) in [6, 6.07) is 5.30. The first kappa shape index (κ1) is 13.6. The van der Waals surface area contributed by atoms with E-state index in [4.69, 9.17) is 5.73 Å². The van der Waals surface area contributed by atoms with Gasteiger partial charge in [-0.25, -0.2) is 0 Å². The highest BCUT2D eigenvalue weighted by Crippen LogP contribution is 2.28. The molecule has 1 saturated carbocycles. The molecule has 4 heteroatoms. The average molecular weight is 266 g/mol. The van der Waals surface area contributed by atoms with Gasteiger partial charge < -0.3 is 11.1 Å². The normalized spacial score (nSPS) is 25.9. The summed E-state index contributed by atoms with van der Waals surface area (Å²) < 4.78 is 0. The summed E-state index contributed by atoms with van der Waals surface area (Å²) in [5, 5.41) is 3.67. The summed E-state index contributed by atoms with van der Waals surface area (Å²) >= 11 is 1.85. The van der Waals surface area contributed by atoms with Crippen LogP contribution in [0.4, 0.5) is 0 Å². The Balaban J connectivity index is 1.83. The Morgan fingerprint density at radius 2 is 2.06 bits per heavy atom. The van der Waals surface area contributed by atoms with Crippen molar-refractivity contribution in [3.05, 3.63) is 21.9 Å². The number of hydrogen-bond donors (Lipinski definition) is 2. The molecule has 0 saturated heterocycles. The van der Waals surface area contributed by atoms with Crippen LogP contribution in [0.25, 0.3) is 0 Å². The molecule has 1 aliphatic carbocycles. The van der Waals surface area contributed by atoms with Crippen molar-refractivity contribution in [1.29, 1.82) is 0 Å².